The van der Waals surface area contributed by atoms with Crippen molar-refractivity contribution < 1.29 is 9.53 Å². The number of amides is 1. The number of carbonyl (C=O) groups is 1. The van der Waals surface area contributed by atoms with Crippen molar-refractivity contribution in [2.75, 3.05) is 20.3 Å². The van der Waals surface area contributed by atoms with Gasteiger partial charge >= 0.3 is 0 Å². The van der Waals surface area contributed by atoms with Crippen LogP contribution in [-0.2, 0) is 11.3 Å². The third-order valence-electron chi connectivity index (χ3n) is 2.87. The third-order valence-corrected chi connectivity index (χ3v) is 2.87. The topological polar surface area (TPSA) is 73.2 Å². The number of hydrogen-bond donors (Lipinski definition) is 1. The van der Waals surface area contributed by atoms with E-state index in [9.17, 15) is 9.59 Å². The first-order valence-electron chi connectivity index (χ1n) is 6.60. The first kappa shape index (κ1) is 14.9. The van der Waals surface area contributed by atoms with E-state index in [2.05, 4.69) is 10.4 Å². The first-order chi connectivity index (χ1) is 10.2. The highest BCUT2D eigenvalue weighted by Crippen LogP contribution is 2.00. The smallest absolute Gasteiger partial charge is 0.271 e. The Morgan fingerprint density at radius 3 is 2.71 bits per heavy atom. The van der Waals surface area contributed by atoms with Crippen LogP contribution in [0.25, 0.3) is 0 Å². The molecular formula is C15H17N3O3. The van der Waals surface area contributed by atoms with E-state index >= 15 is 0 Å². The molecule has 2 aromatic rings. The number of hydrogen-bond acceptors (Lipinski definition) is 4. The summed E-state index contributed by atoms with van der Waals surface area (Å²) in [5, 5.41) is 6.77. The van der Waals surface area contributed by atoms with Crippen LogP contribution in [0, 0.1) is 0 Å². The lowest BCUT2D eigenvalue weighted by molar-refractivity contribution is 0.0929. The minimum Gasteiger partial charge on any atom is -0.383 e. The Balaban J connectivity index is 2.13. The minimum absolute atomic E-state index is 0.210. The van der Waals surface area contributed by atoms with Gasteiger partial charge in [0, 0.05) is 19.7 Å². The fourth-order valence-electron chi connectivity index (χ4n) is 1.80. The molecule has 0 fully saturated rings. The van der Waals surface area contributed by atoms with Gasteiger partial charge in [-0.15, -0.1) is 0 Å². The van der Waals surface area contributed by atoms with Gasteiger partial charge in [0.05, 0.1) is 13.2 Å². The number of benzene rings is 1. The summed E-state index contributed by atoms with van der Waals surface area (Å²) in [6.45, 7) is 1.16. The number of nitrogens with zero attached hydrogens (tertiary/aromatic N) is 2. The highest BCUT2D eigenvalue weighted by Gasteiger charge is 2.09. The molecular weight excluding hydrogens is 270 g/mol. The van der Waals surface area contributed by atoms with Crippen molar-refractivity contribution in [2.24, 2.45) is 0 Å². The molecule has 1 aromatic heterocycles. The van der Waals surface area contributed by atoms with Gasteiger partial charge in [-0.25, -0.2) is 4.68 Å². The van der Waals surface area contributed by atoms with Crippen molar-refractivity contribution in [2.45, 2.75) is 6.54 Å². The average Bonchev–Trinajstić information content (AvgIpc) is 2.50. The summed E-state index contributed by atoms with van der Waals surface area (Å²) >= 11 is 0. The summed E-state index contributed by atoms with van der Waals surface area (Å²) in [6, 6.07) is 12.3. The van der Waals surface area contributed by atoms with Gasteiger partial charge in [-0.2, -0.15) is 5.10 Å². The van der Waals surface area contributed by atoms with Crippen LogP contribution >= 0.6 is 0 Å². The summed E-state index contributed by atoms with van der Waals surface area (Å²) in [5.74, 6) is -0.325. The van der Waals surface area contributed by atoms with Crippen molar-refractivity contribution in [3.8, 4) is 0 Å². The number of aromatic nitrogens is 2. The standard InChI is InChI=1S/C15H17N3O3/c1-21-10-9-16-15(20)13-7-8-14(19)18(17-13)11-12-5-3-2-4-6-12/h2-8H,9-11H2,1H3,(H,16,20). The van der Waals surface area contributed by atoms with Crippen LogP contribution in [0.15, 0.2) is 47.3 Å². The van der Waals surface area contributed by atoms with Crippen LogP contribution in [0.3, 0.4) is 0 Å². The molecule has 0 bridgehead atoms. The zero-order chi connectivity index (χ0) is 15.1. The lowest BCUT2D eigenvalue weighted by Gasteiger charge is -2.07. The average molecular weight is 287 g/mol. The second-order valence-electron chi connectivity index (χ2n) is 4.45. The molecule has 2 rings (SSSR count). The van der Waals surface area contributed by atoms with Crippen LogP contribution in [0.4, 0.5) is 0 Å². The van der Waals surface area contributed by atoms with Crippen LogP contribution in [0.5, 0.6) is 0 Å². The molecule has 0 aliphatic rings. The monoisotopic (exact) mass is 287 g/mol. The maximum absolute atomic E-state index is 11.9. The summed E-state index contributed by atoms with van der Waals surface area (Å²) in [6.07, 6.45) is 0. The Kier molecular flexibility index (Phi) is 5.22. The Bertz CT molecular complexity index is 653. The lowest BCUT2D eigenvalue weighted by atomic mass is 10.2. The number of carbonyl (C=O) groups excluding carboxylic acids is 1. The first-order valence-corrected chi connectivity index (χ1v) is 6.60. The number of rotatable bonds is 6. The molecule has 1 aromatic carbocycles. The third kappa shape index (κ3) is 4.25. The zero-order valence-electron chi connectivity index (χ0n) is 11.8. The fraction of sp³-hybridized carbons (Fsp3) is 0.267. The second-order valence-corrected chi connectivity index (χ2v) is 4.45. The van der Waals surface area contributed by atoms with Gasteiger partial charge in [0.15, 0.2) is 0 Å². The van der Waals surface area contributed by atoms with Crippen LogP contribution in [0.2, 0.25) is 0 Å². The number of ether oxygens (including phenoxy) is 1. The van der Waals surface area contributed by atoms with Gasteiger partial charge in [0.2, 0.25) is 0 Å². The van der Waals surface area contributed by atoms with Crippen LogP contribution < -0.4 is 10.9 Å². The Morgan fingerprint density at radius 2 is 2.00 bits per heavy atom. The predicted octanol–water partition coefficient (Wildman–Crippen LogP) is 0.668. The molecule has 0 aliphatic heterocycles. The van der Waals surface area contributed by atoms with Crippen molar-refractivity contribution in [1.82, 2.24) is 15.1 Å². The van der Waals surface area contributed by atoms with E-state index in [-0.39, 0.29) is 17.2 Å². The lowest BCUT2D eigenvalue weighted by Crippen LogP contribution is -2.31. The molecule has 6 heteroatoms. The normalized spacial score (nSPS) is 10.3. The van der Waals surface area contributed by atoms with Crippen LogP contribution in [0.1, 0.15) is 16.1 Å². The van der Waals surface area contributed by atoms with E-state index in [4.69, 9.17) is 4.74 Å². The van der Waals surface area contributed by atoms with E-state index in [1.54, 1.807) is 7.11 Å². The number of methoxy groups -OCH3 is 1. The van der Waals surface area contributed by atoms with Gasteiger partial charge in [-0.05, 0) is 11.6 Å². The molecule has 0 aliphatic carbocycles. The van der Waals surface area contributed by atoms with Gasteiger partial charge in [-0.3, -0.25) is 9.59 Å². The Hall–Kier alpha value is -2.47. The van der Waals surface area contributed by atoms with Crippen molar-refractivity contribution in [1.29, 1.82) is 0 Å². The molecule has 110 valence electrons. The van der Waals surface area contributed by atoms with Gasteiger partial charge in [0.1, 0.15) is 5.69 Å². The highest BCUT2D eigenvalue weighted by molar-refractivity contribution is 5.91. The summed E-state index contributed by atoms with van der Waals surface area (Å²) in [4.78, 5) is 23.7. The molecule has 0 saturated carbocycles. The quantitative estimate of drug-likeness (QED) is 0.792. The molecule has 6 nitrogen and oxygen atoms in total. The van der Waals surface area contributed by atoms with Crippen molar-refractivity contribution in [3.63, 3.8) is 0 Å². The van der Waals surface area contributed by atoms with E-state index in [0.717, 1.165) is 5.56 Å². The summed E-state index contributed by atoms with van der Waals surface area (Å²) in [7, 11) is 1.56. The largest absolute Gasteiger partial charge is 0.383 e. The minimum atomic E-state index is -0.325. The second kappa shape index (κ2) is 7.35. The highest BCUT2D eigenvalue weighted by atomic mass is 16.5. The molecule has 1 heterocycles. The van der Waals surface area contributed by atoms with Gasteiger partial charge in [0.25, 0.3) is 11.5 Å². The summed E-state index contributed by atoms with van der Waals surface area (Å²) < 4.78 is 6.14. The molecule has 0 unspecified atom stereocenters. The van der Waals surface area contributed by atoms with Gasteiger partial charge in [-0.1, -0.05) is 30.3 Å². The molecule has 0 saturated heterocycles. The molecule has 0 spiro atoms. The molecule has 1 amide bonds. The van der Waals surface area contributed by atoms with E-state index in [0.29, 0.717) is 19.7 Å². The molecule has 1 N–H and O–H groups in total. The SMILES string of the molecule is COCCNC(=O)c1ccc(=O)n(Cc2ccccc2)n1. The maximum atomic E-state index is 11.9. The Morgan fingerprint density at radius 1 is 1.24 bits per heavy atom. The Labute approximate surface area is 122 Å². The van der Waals surface area contributed by atoms with E-state index in [1.165, 1.54) is 16.8 Å². The molecule has 21 heavy (non-hydrogen) atoms. The van der Waals surface area contributed by atoms with Crippen LogP contribution in [-0.4, -0.2) is 35.9 Å². The zero-order valence-corrected chi connectivity index (χ0v) is 11.8. The molecule has 0 atom stereocenters. The van der Waals surface area contributed by atoms with E-state index in [1.807, 2.05) is 30.3 Å². The summed E-state index contributed by atoms with van der Waals surface area (Å²) in [5.41, 5.74) is 0.915. The fourth-order valence-corrected chi connectivity index (χ4v) is 1.80. The number of nitrogens with one attached hydrogen (secondary N) is 1. The van der Waals surface area contributed by atoms with Gasteiger partial charge < -0.3 is 10.1 Å². The van der Waals surface area contributed by atoms with Crippen molar-refractivity contribution >= 4 is 5.91 Å². The predicted molar refractivity (Wildman–Crippen MR) is 78.3 cm³/mol. The van der Waals surface area contributed by atoms with E-state index < -0.39 is 0 Å². The molecule has 0 radical (unpaired) electrons. The maximum Gasteiger partial charge on any atom is 0.271 e. The van der Waals surface area contributed by atoms with Crippen molar-refractivity contribution in [3.05, 3.63) is 64.1 Å².